The summed E-state index contributed by atoms with van der Waals surface area (Å²) in [5, 5.41) is 10.9. The van der Waals surface area contributed by atoms with Gasteiger partial charge in [0.2, 0.25) is 5.88 Å². The van der Waals surface area contributed by atoms with Gasteiger partial charge in [-0.3, -0.25) is 10.1 Å². The second kappa shape index (κ2) is 5.36. The van der Waals surface area contributed by atoms with Crippen LogP contribution in [-0.2, 0) is 0 Å². The minimum absolute atomic E-state index is 0.0336. The maximum Gasteiger partial charge on any atom is 0.276 e. The highest BCUT2D eigenvalue weighted by Gasteiger charge is 2.15. The van der Waals surface area contributed by atoms with Crippen molar-refractivity contribution in [1.82, 2.24) is 4.98 Å². The lowest BCUT2D eigenvalue weighted by Crippen LogP contribution is -1.96. The number of pyridine rings is 1. The van der Waals surface area contributed by atoms with Crippen LogP contribution in [0.25, 0.3) is 0 Å². The molecule has 5 nitrogen and oxygen atoms in total. The van der Waals surface area contributed by atoms with Crippen LogP contribution in [-0.4, -0.2) is 9.91 Å². The van der Waals surface area contributed by atoms with Crippen molar-refractivity contribution in [2.45, 2.75) is 13.8 Å². The fourth-order valence-electron chi connectivity index (χ4n) is 1.60. The summed E-state index contributed by atoms with van der Waals surface area (Å²) in [6.07, 6.45) is 0. The van der Waals surface area contributed by atoms with E-state index in [-0.39, 0.29) is 5.69 Å². The Morgan fingerprint density at radius 3 is 2.63 bits per heavy atom. The van der Waals surface area contributed by atoms with E-state index in [1.165, 1.54) is 6.07 Å². The molecule has 0 aliphatic carbocycles. The molecule has 0 bridgehead atoms. The highest BCUT2D eigenvalue weighted by atomic mass is 79.9. The van der Waals surface area contributed by atoms with E-state index < -0.39 is 4.92 Å². The lowest BCUT2D eigenvalue weighted by molar-refractivity contribution is -0.385. The van der Waals surface area contributed by atoms with E-state index in [9.17, 15) is 10.1 Å². The standard InChI is InChI=1S/C13H11BrN2O3/c1-8-11(16(17)18)4-3-5-12(8)19-13-7-6-10(14)9(2)15-13/h3-7H,1-2H3. The smallest absolute Gasteiger partial charge is 0.276 e. The number of nitro groups is 1. The third-order valence-corrected chi connectivity index (χ3v) is 3.50. The van der Waals surface area contributed by atoms with Gasteiger partial charge in [0.05, 0.1) is 16.2 Å². The molecule has 6 heteroatoms. The number of benzene rings is 1. The number of aromatic nitrogens is 1. The summed E-state index contributed by atoms with van der Waals surface area (Å²) in [6, 6.07) is 8.25. The van der Waals surface area contributed by atoms with Crippen molar-refractivity contribution >= 4 is 21.6 Å². The van der Waals surface area contributed by atoms with Gasteiger partial charge in [-0.2, -0.15) is 0 Å². The lowest BCUT2D eigenvalue weighted by atomic mass is 10.2. The molecule has 0 radical (unpaired) electrons. The molecule has 19 heavy (non-hydrogen) atoms. The van der Waals surface area contributed by atoms with E-state index in [1.807, 2.05) is 13.0 Å². The van der Waals surface area contributed by atoms with Gasteiger partial charge in [0.1, 0.15) is 5.75 Å². The van der Waals surface area contributed by atoms with Crippen LogP contribution >= 0.6 is 15.9 Å². The van der Waals surface area contributed by atoms with Crippen LogP contribution in [0, 0.1) is 24.0 Å². The maximum atomic E-state index is 10.9. The van der Waals surface area contributed by atoms with Gasteiger partial charge in [-0.25, -0.2) is 4.98 Å². The Bertz CT molecular complexity index is 644. The molecule has 0 N–H and O–H groups in total. The van der Waals surface area contributed by atoms with Crippen LogP contribution in [0.2, 0.25) is 0 Å². The summed E-state index contributed by atoms with van der Waals surface area (Å²) in [4.78, 5) is 14.7. The van der Waals surface area contributed by atoms with Crippen LogP contribution in [0.3, 0.4) is 0 Å². The van der Waals surface area contributed by atoms with Crippen LogP contribution in [0.1, 0.15) is 11.3 Å². The molecule has 0 aliphatic rings. The zero-order chi connectivity index (χ0) is 14.0. The summed E-state index contributed by atoms with van der Waals surface area (Å²) in [6.45, 7) is 3.50. The van der Waals surface area contributed by atoms with Crippen molar-refractivity contribution in [3.63, 3.8) is 0 Å². The minimum atomic E-state index is -0.428. The molecule has 0 atom stereocenters. The van der Waals surface area contributed by atoms with Gasteiger partial charge in [0.15, 0.2) is 0 Å². The molecule has 98 valence electrons. The molecular weight excluding hydrogens is 312 g/mol. The Balaban J connectivity index is 2.35. The average Bonchev–Trinajstić information content (AvgIpc) is 2.36. The first-order chi connectivity index (χ1) is 8.99. The first-order valence-corrected chi connectivity index (χ1v) is 6.33. The number of ether oxygens (including phenoxy) is 1. The Kier molecular flexibility index (Phi) is 3.80. The van der Waals surface area contributed by atoms with E-state index in [2.05, 4.69) is 20.9 Å². The normalized spacial score (nSPS) is 10.3. The molecule has 1 aromatic heterocycles. The Hall–Kier alpha value is -1.95. The molecule has 0 saturated carbocycles. The summed E-state index contributed by atoms with van der Waals surface area (Å²) in [5.41, 5.74) is 1.31. The fourth-order valence-corrected chi connectivity index (χ4v) is 1.82. The Morgan fingerprint density at radius 1 is 1.26 bits per heavy atom. The zero-order valence-corrected chi connectivity index (χ0v) is 12.0. The highest BCUT2D eigenvalue weighted by Crippen LogP contribution is 2.30. The van der Waals surface area contributed by atoms with Crippen LogP contribution in [0.5, 0.6) is 11.6 Å². The van der Waals surface area contributed by atoms with Gasteiger partial charge in [-0.15, -0.1) is 0 Å². The number of nitrogens with zero attached hydrogens (tertiary/aromatic N) is 2. The molecular formula is C13H11BrN2O3. The number of halogens is 1. The third kappa shape index (κ3) is 2.90. The monoisotopic (exact) mass is 322 g/mol. The topological polar surface area (TPSA) is 65.3 Å². The van der Waals surface area contributed by atoms with E-state index in [0.29, 0.717) is 17.2 Å². The zero-order valence-electron chi connectivity index (χ0n) is 10.4. The quantitative estimate of drug-likeness (QED) is 0.628. The second-order valence-electron chi connectivity index (χ2n) is 3.98. The predicted octanol–water partition coefficient (Wildman–Crippen LogP) is 4.16. The van der Waals surface area contributed by atoms with Crippen LogP contribution < -0.4 is 4.74 Å². The van der Waals surface area contributed by atoms with Crippen molar-refractivity contribution in [3.8, 4) is 11.6 Å². The average molecular weight is 323 g/mol. The van der Waals surface area contributed by atoms with E-state index in [1.54, 1.807) is 25.1 Å². The van der Waals surface area contributed by atoms with E-state index in [4.69, 9.17) is 4.74 Å². The van der Waals surface area contributed by atoms with Crippen molar-refractivity contribution in [2.75, 3.05) is 0 Å². The summed E-state index contributed by atoms with van der Waals surface area (Å²) in [5.74, 6) is 0.840. The minimum Gasteiger partial charge on any atom is -0.438 e. The molecule has 1 aromatic carbocycles. The van der Waals surface area contributed by atoms with Gasteiger partial charge < -0.3 is 4.74 Å². The van der Waals surface area contributed by atoms with Gasteiger partial charge >= 0.3 is 0 Å². The van der Waals surface area contributed by atoms with Gasteiger partial charge in [0, 0.05) is 16.6 Å². The number of nitro benzene ring substituents is 1. The molecule has 2 rings (SSSR count). The first-order valence-electron chi connectivity index (χ1n) is 5.54. The van der Waals surface area contributed by atoms with Gasteiger partial charge in [-0.05, 0) is 41.9 Å². The number of rotatable bonds is 3. The molecule has 0 fully saturated rings. The molecule has 2 aromatic rings. The third-order valence-electron chi connectivity index (χ3n) is 2.66. The van der Waals surface area contributed by atoms with Crippen molar-refractivity contribution < 1.29 is 9.66 Å². The molecule has 0 spiro atoms. The number of hydrogen-bond acceptors (Lipinski definition) is 4. The Morgan fingerprint density at radius 2 is 2.00 bits per heavy atom. The molecule has 0 saturated heterocycles. The highest BCUT2D eigenvalue weighted by molar-refractivity contribution is 9.10. The van der Waals surface area contributed by atoms with Crippen LogP contribution in [0.15, 0.2) is 34.8 Å². The first kappa shape index (κ1) is 13.5. The molecule has 0 unspecified atom stereocenters. The van der Waals surface area contributed by atoms with E-state index >= 15 is 0 Å². The van der Waals surface area contributed by atoms with Crippen molar-refractivity contribution in [1.29, 1.82) is 0 Å². The fraction of sp³-hybridized carbons (Fsp3) is 0.154. The number of aryl methyl sites for hydroxylation is 1. The predicted molar refractivity (Wildman–Crippen MR) is 74.6 cm³/mol. The molecule has 1 heterocycles. The SMILES string of the molecule is Cc1nc(Oc2cccc([N+](=O)[O-])c2C)ccc1Br. The van der Waals surface area contributed by atoms with Crippen molar-refractivity contribution in [2.24, 2.45) is 0 Å². The van der Waals surface area contributed by atoms with Gasteiger partial charge in [0.25, 0.3) is 5.69 Å². The number of hydrogen-bond donors (Lipinski definition) is 0. The largest absolute Gasteiger partial charge is 0.438 e. The maximum absolute atomic E-state index is 10.9. The lowest BCUT2D eigenvalue weighted by Gasteiger charge is -2.08. The summed E-state index contributed by atoms with van der Waals surface area (Å²) >= 11 is 3.35. The summed E-state index contributed by atoms with van der Waals surface area (Å²) < 4.78 is 6.48. The molecule has 0 aliphatic heterocycles. The van der Waals surface area contributed by atoms with Gasteiger partial charge in [-0.1, -0.05) is 6.07 Å². The Labute approximate surface area is 118 Å². The van der Waals surface area contributed by atoms with Crippen molar-refractivity contribution in [3.05, 3.63) is 56.2 Å². The van der Waals surface area contributed by atoms with E-state index in [0.717, 1.165) is 10.2 Å². The second-order valence-corrected chi connectivity index (χ2v) is 4.83. The van der Waals surface area contributed by atoms with Crippen LogP contribution in [0.4, 0.5) is 5.69 Å². The summed E-state index contributed by atoms with van der Waals surface area (Å²) in [7, 11) is 0. The molecule has 0 amide bonds.